The molecule has 1 aliphatic heterocycles. The van der Waals surface area contributed by atoms with Crippen LogP contribution in [0.15, 0.2) is 0 Å². The van der Waals surface area contributed by atoms with E-state index in [0.717, 1.165) is 19.4 Å². The van der Waals surface area contributed by atoms with E-state index >= 15 is 0 Å². The molecule has 1 amide bonds. The fraction of sp³-hybridized carbons (Fsp3) is 0.889. The zero-order valence-electron chi connectivity index (χ0n) is 8.16. The summed E-state index contributed by atoms with van der Waals surface area (Å²) in [6.07, 6.45) is 1.87. The standard InChI is InChI=1S/C9H18N2O2/c1-2-5-13-7-9(12)11-4-3-8(10)6-11/h8H,2-7,10H2,1H3/t8-/m1/s1. The molecule has 1 atom stereocenters. The van der Waals surface area contributed by atoms with E-state index in [9.17, 15) is 4.79 Å². The monoisotopic (exact) mass is 186 g/mol. The Morgan fingerprint density at radius 3 is 3.00 bits per heavy atom. The lowest BCUT2D eigenvalue weighted by atomic mass is 10.3. The zero-order chi connectivity index (χ0) is 9.68. The third kappa shape index (κ3) is 3.32. The summed E-state index contributed by atoms with van der Waals surface area (Å²) in [4.78, 5) is 13.2. The highest BCUT2D eigenvalue weighted by Gasteiger charge is 2.22. The molecule has 0 bridgehead atoms. The summed E-state index contributed by atoms with van der Waals surface area (Å²) >= 11 is 0. The van der Waals surface area contributed by atoms with Crippen molar-refractivity contribution in [1.29, 1.82) is 0 Å². The lowest BCUT2D eigenvalue weighted by Gasteiger charge is -2.15. The number of carbonyl (C=O) groups excluding carboxylic acids is 1. The number of hydrogen-bond acceptors (Lipinski definition) is 3. The van der Waals surface area contributed by atoms with E-state index in [1.807, 2.05) is 6.92 Å². The van der Waals surface area contributed by atoms with Gasteiger partial charge in [-0.05, 0) is 12.8 Å². The number of amides is 1. The third-order valence-electron chi connectivity index (χ3n) is 2.15. The number of nitrogens with zero attached hydrogens (tertiary/aromatic N) is 1. The average Bonchev–Trinajstić information content (AvgIpc) is 2.52. The molecule has 0 aromatic rings. The molecule has 0 radical (unpaired) electrons. The van der Waals surface area contributed by atoms with E-state index in [1.54, 1.807) is 4.90 Å². The average molecular weight is 186 g/mol. The molecule has 0 aromatic heterocycles. The molecule has 0 saturated carbocycles. The molecule has 0 aromatic carbocycles. The molecule has 76 valence electrons. The summed E-state index contributed by atoms with van der Waals surface area (Å²) in [6.45, 7) is 4.37. The molecule has 2 N–H and O–H groups in total. The topological polar surface area (TPSA) is 55.6 Å². The number of likely N-dealkylation sites (tertiary alicyclic amines) is 1. The number of carbonyl (C=O) groups is 1. The third-order valence-corrected chi connectivity index (χ3v) is 2.15. The number of rotatable bonds is 4. The van der Waals surface area contributed by atoms with Crippen LogP contribution in [0.5, 0.6) is 0 Å². The molecule has 1 fully saturated rings. The first-order chi connectivity index (χ1) is 6.24. The fourth-order valence-corrected chi connectivity index (χ4v) is 1.41. The number of hydrogen-bond donors (Lipinski definition) is 1. The Balaban J connectivity index is 2.16. The maximum atomic E-state index is 11.4. The van der Waals surface area contributed by atoms with Crippen LogP contribution in [-0.2, 0) is 9.53 Å². The fourth-order valence-electron chi connectivity index (χ4n) is 1.41. The summed E-state index contributed by atoms with van der Waals surface area (Å²) in [7, 11) is 0. The first-order valence-electron chi connectivity index (χ1n) is 4.85. The molecular formula is C9H18N2O2. The van der Waals surface area contributed by atoms with Crippen molar-refractivity contribution in [3.05, 3.63) is 0 Å². The van der Waals surface area contributed by atoms with Crippen LogP contribution in [0.3, 0.4) is 0 Å². The summed E-state index contributed by atoms with van der Waals surface area (Å²) in [5.74, 6) is 0.0707. The van der Waals surface area contributed by atoms with Crippen LogP contribution in [0.4, 0.5) is 0 Å². The minimum absolute atomic E-state index is 0.0707. The Morgan fingerprint density at radius 1 is 1.69 bits per heavy atom. The van der Waals surface area contributed by atoms with Gasteiger partial charge in [0, 0.05) is 25.7 Å². The van der Waals surface area contributed by atoms with Crippen LogP contribution < -0.4 is 5.73 Å². The van der Waals surface area contributed by atoms with E-state index in [-0.39, 0.29) is 18.6 Å². The summed E-state index contributed by atoms with van der Waals surface area (Å²) in [6, 6.07) is 0.162. The van der Waals surface area contributed by atoms with Crippen molar-refractivity contribution in [3.8, 4) is 0 Å². The quantitative estimate of drug-likeness (QED) is 0.627. The van der Waals surface area contributed by atoms with Crippen molar-refractivity contribution >= 4 is 5.91 Å². The van der Waals surface area contributed by atoms with Crippen LogP contribution in [0, 0.1) is 0 Å². The van der Waals surface area contributed by atoms with Crippen molar-refractivity contribution in [2.45, 2.75) is 25.8 Å². The van der Waals surface area contributed by atoms with Gasteiger partial charge in [0.1, 0.15) is 6.61 Å². The van der Waals surface area contributed by atoms with Crippen molar-refractivity contribution < 1.29 is 9.53 Å². The van der Waals surface area contributed by atoms with Crippen LogP contribution in [0.1, 0.15) is 19.8 Å². The molecule has 1 rings (SSSR count). The van der Waals surface area contributed by atoms with Gasteiger partial charge in [0.2, 0.25) is 5.91 Å². The van der Waals surface area contributed by atoms with E-state index in [0.29, 0.717) is 13.2 Å². The van der Waals surface area contributed by atoms with E-state index in [4.69, 9.17) is 10.5 Å². The molecule has 4 heteroatoms. The Morgan fingerprint density at radius 2 is 2.46 bits per heavy atom. The molecule has 1 aliphatic rings. The molecular weight excluding hydrogens is 168 g/mol. The van der Waals surface area contributed by atoms with Gasteiger partial charge >= 0.3 is 0 Å². The Bertz CT molecular complexity index is 173. The van der Waals surface area contributed by atoms with Crippen LogP contribution in [0.25, 0.3) is 0 Å². The highest BCUT2D eigenvalue weighted by Crippen LogP contribution is 2.06. The van der Waals surface area contributed by atoms with Crippen LogP contribution >= 0.6 is 0 Å². The van der Waals surface area contributed by atoms with Gasteiger partial charge in [-0.25, -0.2) is 0 Å². The van der Waals surface area contributed by atoms with Gasteiger partial charge in [-0.15, -0.1) is 0 Å². The van der Waals surface area contributed by atoms with Crippen molar-refractivity contribution in [2.24, 2.45) is 5.73 Å². The highest BCUT2D eigenvalue weighted by atomic mass is 16.5. The number of ether oxygens (including phenoxy) is 1. The maximum Gasteiger partial charge on any atom is 0.248 e. The molecule has 0 aliphatic carbocycles. The van der Waals surface area contributed by atoms with Gasteiger partial charge in [-0.2, -0.15) is 0 Å². The zero-order valence-corrected chi connectivity index (χ0v) is 8.16. The maximum absolute atomic E-state index is 11.4. The summed E-state index contributed by atoms with van der Waals surface area (Å²) in [5, 5.41) is 0. The first kappa shape index (κ1) is 10.5. The summed E-state index contributed by atoms with van der Waals surface area (Å²) < 4.78 is 5.16. The Labute approximate surface area is 79.0 Å². The lowest BCUT2D eigenvalue weighted by molar-refractivity contribution is -0.135. The first-order valence-corrected chi connectivity index (χ1v) is 4.85. The molecule has 0 spiro atoms. The van der Waals surface area contributed by atoms with Gasteiger partial charge in [0.05, 0.1) is 0 Å². The second kappa shape index (κ2) is 5.19. The highest BCUT2D eigenvalue weighted by molar-refractivity contribution is 5.77. The molecule has 0 unspecified atom stereocenters. The van der Waals surface area contributed by atoms with E-state index in [1.165, 1.54) is 0 Å². The SMILES string of the molecule is CCCOCC(=O)N1CC[C@@H](N)C1. The second-order valence-corrected chi connectivity index (χ2v) is 3.44. The van der Waals surface area contributed by atoms with Gasteiger partial charge in [0.25, 0.3) is 0 Å². The Kier molecular flexibility index (Phi) is 4.18. The minimum atomic E-state index is 0.0707. The summed E-state index contributed by atoms with van der Waals surface area (Å²) in [5.41, 5.74) is 5.68. The number of nitrogens with two attached hydrogens (primary N) is 1. The normalized spacial score (nSPS) is 22.3. The van der Waals surface area contributed by atoms with E-state index < -0.39 is 0 Å². The van der Waals surface area contributed by atoms with Gasteiger partial charge in [-0.3, -0.25) is 4.79 Å². The minimum Gasteiger partial charge on any atom is -0.372 e. The van der Waals surface area contributed by atoms with Gasteiger partial charge in [0.15, 0.2) is 0 Å². The van der Waals surface area contributed by atoms with Crippen LogP contribution in [0.2, 0.25) is 0 Å². The van der Waals surface area contributed by atoms with Crippen molar-refractivity contribution in [3.63, 3.8) is 0 Å². The predicted octanol–water partition coefficient (Wildman–Crippen LogP) is -0.0274. The molecule has 1 heterocycles. The van der Waals surface area contributed by atoms with Crippen molar-refractivity contribution in [1.82, 2.24) is 4.90 Å². The van der Waals surface area contributed by atoms with Gasteiger partial charge in [-0.1, -0.05) is 6.92 Å². The second-order valence-electron chi connectivity index (χ2n) is 3.44. The molecule has 4 nitrogen and oxygen atoms in total. The largest absolute Gasteiger partial charge is 0.372 e. The molecule has 13 heavy (non-hydrogen) atoms. The van der Waals surface area contributed by atoms with E-state index in [2.05, 4.69) is 0 Å². The van der Waals surface area contributed by atoms with Gasteiger partial charge < -0.3 is 15.4 Å². The van der Waals surface area contributed by atoms with Crippen LogP contribution in [-0.4, -0.2) is 43.2 Å². The predicted molar refractivity (Wildman–Crippen MR) is 50.3 cm³/mol. The Hall–Kier alpha value is -0.610. The van der Waals surface area contributed by atoms with Crippen molar-refractivity contribution in [2.75, 3.05) is 26.3 Å². The lowest BCUT2D eigenvalue weighted by Crippen LogP contribution is -2.34. The molecule has 1 saturated heterocycles. The smallest absolute Gasteiger partial charge is 0.248 e.